The Morgan fingerprint density at radius 2 is 2.18 bits per heavy atom. The lowest BCUT2D eigenvalue weighted by Gasteiger charge is -1.97. The van der Waals surface area contributed by atoms with E-state index in [0.29, 0.717) is 30.3 Å². The van der Waals surface area contributed by atoms with E-state index < -0.39 is 0 Å². The molecule has 0 aliphatic rings. The first-order valence-corrected chi connectivity index (χ1v) is 6.54. The molecule has 5 nitrogen and oxygen atoms in total. The van der Waals surface area contributed by atoms with Crippen LogP contribution in [0.1, 0.15) is 12.3 Å². The molecule has 0 fully saturated rings. The van der Waals surface area contributed by atoms with Crippen molar-refractivity contribution >= 4 is 31.9 Å². The number of aliphatic hydroxyl groups is 1. The molecule has 2 aromatic heterocycles. The molecule has 0 aromatic carbocycles. The Morgan fingerprint density at radius 1 is 1.35 bits per heavy atom. The largest absolute Gasteiger partial charge is 0.396 e. The van der Waals surface area contributed by atoms with Crippen LogP contribution < -0.4 is 0 Å². The molecule has 0 aliphatic heterocycles. The number of rotatable bonds is 4. The molecule has 0 unspecified atom stereocenters. The zero-order valence-corrected chi connectivity index (χ0v) is 11.9. The second kappa shape index (κ2) is 5.70. The lowest BCUT2D eigenvalue weighted by molar-refractivity contribution is 0.278. The number of pyridine rings is 1. The van der Waals surface area contributed by atoms with Gasteiger partial charge >= 0.3 is 0 Å². The molecule has 0 saturated carbocycles. The molecule has 17 heavy (non-hydrogen) atoms. The maximum absolute atomic E-state index is 8.71. The average molecular weight is 363 g/mol. The van der Waals surface area contributed by atoms with Crippen LogP contribution in [0.2, 0.25) is 0 Å². The maximum Gasteiger partial charge on any atom is 0.227 e. The maximum atomic E-state index is 8.71. The first kappa shape index (κ1) is 12.7. The Hall–Kier alpha value is -0.790. The number of aliphatic hydroxyl groups excluding tert-OH is 1. The fourth-order valence-corrected chi connectivity index (χ4v) is 2.43. The SMILES string of the molecule is OCCCc1nc(-c2ncc(Br)cc2Br)no1. The minimum atomic E-state index is 0.109. The van der Waals surface area contributed by atoms with E-state index >= 15 is 0 Å². The highest BCUT2D eigenvalue weighted by Crippen LogP contribution is 2.26. The van der Waals surface area contributed by atoms with E-state index in [-0.39, 0.29) is 6.61 Å². The Balaban J connectivity index is 2.24. The first-order chi connectivity index (χ1) is 8.20. The molecule has 7 heteroatoms. The van der Waals surface area contributed by atoms with Gasteiger partial charge in [-0.2, -0.15) is 4.98 Å². The second-order valence-corrected chi connectivity index (χ2v) is 5.09. The highest BCUT2D eigenvalue weighted by Gasteiger charge is 2.13. The number of halogens is 2. The zero-order chi connectivity index (χ0) is 12.3. The molecule has 0 radical (unpaired) electrons. The van der Waals surface area contributed by atoms with Gasteiger partial charge in [-0.25, -0.2) is 0 Å². The predicted molar refractivity (Wildman–Crippen MR) is 68.3 cm³/mol. The normalized spacial score (nSPS) is 10.8. The highest BCUT2D eigenvalue weighted by molar-refractivity contribution is 9.11. The summed E-state index contributed by atoms with van der Waals surface area (Å²) in [7, 11) is 0. The van der Waals surface area contributed by atoms with Crippen molar-refractivity contribution in [2.75, 3.05) is 6.61 Å². The third-order valence-electron chi connectivity index (χ3n) is 2.04. The lowest BCUT2D eigenvalue weighted by Crippen LogP contribution is -1.91. The van der Waals surface area contributed by atoms with Crippen LogP contribution >= 0.6 is 31.9 Å². The Morgan fingerprint density at radius 3 is 2.88 bits per heavy atom. The van der Waals surface area contributed by atoms with Crippen LogP contribution in [0.25, 0.3) is 11.5 Å². The lowest BCUT2D eigenvalue weighted by atomic mass is 10.3. The van der Waals surface area contributed by atoms with Crippen molar-refractivity contribution < 1.29 is 9.63 Å². The van der Waals surface area contributed by atoms with Crippen LogP contribution in [0.15, 0.2) is 25.7 Å². The summed E-state index contributed by atoms with van der Waals surface area (Å²) in [6.45, 7) is 0.109. The van der Waals surface area contributed by atoms with Gasteiger partial charge < -0.3 is 9.63 Å². The Kier molecular flexibility index (Phi) is 4.25. The summed E-state index contributed by atoms with van der Waals surface area (Å²) in [5, 5.41) is 12.6. The molecule has 0 amide bonds. The van der Waals surface area contributed by atoms with E-state index in [1.807, 2.05) is 6.07 Å². The minimum absolute atomic E-state index is 0.109. The van der Waals surface area contributed by atoms with E-state index in [0.717, 1.165) is 8.95 Å². The summed E-state index contributed by atoms with van der Waals surface area (Å²) < 4.78 is 6.73. The number of hydrogen-bond donors (Lipinski definition) is 1. The summed E-state index contributed by atoms with van der Waals surface area (Å²) in [6.07, 6.45) is 2.85. The third-order valence-corrected chi connectivity index (χ3v) is 3.07. The van der Waals surface area contributed by atoms with Crippen LogP contribution in [-0.2, 0) is 6.42 Å². The van der Waals surface area contributed by atoms with Gasteiger partial charge in [0.1, 0.15) is 5.69 Å². The van der Waals surface area contributed by atoms with Crippen molar-refractivity contribution in [2.24, 2.45) is 0 Å². The van der Waals surface area contributed by atoms with Crippen molar-refractivity contribution in [1.29, 1.82) is 0 Å². The molecule has 0 saturated heterocycles. The number of aryl methyl sites for hydroxylation is 1. The zero-order valence-electron chi connectivity index (χ0n) is 8.73. The first-order valence-electron chi connectivity index (χ1n) is 4.95. The van der Waals surface area contributed by atoms with E-state index in [1.165, 1.54) is 0 Å². The molecule has 0 bridgehead atoms. The van der Waals surface area contributed by atoms with Crippen LogP contribution in [0.3, 0.4) is 0 Å². The smallest absolute Gasteiger partial charge is 0.227 e. The van der Waals surface area contributed by atoms with Gasteiger partial charge in [-0.3, -0.25) is 4.98 Å². The van der Waals surface area contributed by atoms with Gasteiger partial charge in [0, 0.05) is 28.2 Å². The van der Waals surface area contributed by atoms with E-state index in [4.69, 9.17) is 9.63 Å². The summed E-state index contributed by atoms with van der Waals surface area (Å²) in [5.74, 6) is 0.947. The Bertz CT molecular complexity index is 516. The topological polar surface area (TPSA) is 72.0 Å². The average Bonchev–Trinajstić information content (AvgIpc) is 2.75. The standard InChI is InChI=1S/C10H9Br2N3O2/c11-6-4-7(12)9(13-5-6)10-14-8(17-15-10)2-1-3-16/h4-5,16H,1-3H2. The van der Waals surface area contributed by atoms with Gasteiger partial charge in [-0.05, 0) is 44.3 Å². The molecule has 1 N–H and O–H groups in total. The molecule has 2 aromatic rings. The molecular formula is C10H9Br2N3O2. The summed E-state index contributed by atoms with van der Waals surface area (Å²) >= 11 is 6.72. The van der Waals surface area contributed by atoms with Crippen molar-refractivity contribution in [3.8, 4) is 11.5 Å². The van der Waals surface area contributed by atoms with E-state index in [1.54, 1.807) is 6.20 Å². The van der Waals surface area contributed by atoms with Crippen molar-refractivity contribution in [1.82, 2.24) is 15.1 Å². The van der Waals surface area contributed by atoms with Gasteiger partial charge in [0.15, 0.2) is 0 Å². The van der Waals surface area contributed by atoms with Crippen LogP contribution in [0.5, 0.6) is 0 Å². The second-order valence-electron chi connectivity index (χ2n) is 3.32. The predicted octanol–water partition coefficient (Wildman–Crippen LogP) is 2.58. The third kappa shape index (κ3) is 3.11. The van der Waals surface area contributed by atoms with Crippen LogP contribution in [-0.4, -0.2) is 26.8 Å². The fraction of sp³-hybridized carbons (Fsp3) is 0.300. The fourth-order valence-electron chi connectivity index (χ4n) is 1.26. The molecule has 0 aliphatic carbocycles. The monoisotopic (exact) mass is 361 g/mol. The van der Waals surface area contributed by atoms with Crippen LogP contribution in [0, 0.1) is 0 Å². The summed E-state index contributed by atoms with van der Waals surface area (Å²) in [6, 6.07) is 1.87. The molecule has 2 heterocycles. The van der Waals surface area contributed by atoms with Gasteiger partial charge in [-0.1, -0.05) is 5.16 Å². The van der Waals surface area contributed by atoms with Gasteiger partial charge in [0.2, 0.25) is 11.7 Å². The number of aromatic nitrogens is 3. The quantitative estimate of drug-likeness (QED) is 0.904. The summed E-state index contributed by atoms with van der Waals surface area (Å²) in [5.41, 5.74) is 0.632. The Labute approximate surface area is 115 Å². The number of nitrogens with zero attached hydrogens (tertiary/aromatic N) is 3. The molecule has 0 spiro atoms. The van der Waals surface area contributed by atoms with Crippen molar-refractivity contribution in [3.63, 3.8) is 0 Å². The molecule has 90 valence electrons. The highest BCUT2D eigenvalue weighted by atomic mass is 79.9. The van der Waals surface area contributed by atoms with Gasteiger partial charge in [-0.15, -0.1) is 0 Å². The minimum Gasteiger partial charge on any atom is -0.396 e. The van der Waals surface area contributed by atoms with Crippen LogP contribution in [0.4, 0.5) is 0 Å². The number of hydrogen-bond acceptors (Lipinski definition) is 5. The van der Waals surface area contributed by atoms with Gasteiger partial charge in [0.05, 0.1) is 0 Å². The summed E-state index contributed by atoms with van der Waals surface area (Å²) in [4.78, 5) is 8.43. The van der Waals surface area contributed by atoms with Crippen molar-refractivity contribution in [2.45, 2.75) is 12.8 Å². The molecule has 0 atom stereocenters. The van der Waals surface area contributed by atoms with Gasteiger partial charge in [0.25, 0.3) is 0 Å². The van der Waals surface area contributed by atoms with E-state index in [2.05, 4.69) is 47.0 Å². The molecular weight excluding hydrogens is 354 g/mol. The molecule has 2 rings (SSSR count). The van der Waals surface area contributed by atoms with Crippen molar-refractivity contribution in [3.05, 3.63) is 27.1 Å². The van der Waals surface area contributed by atoms with E-state index in [9.17, 15) is 0 Å².